The molecule has 0 saturated carbocycles. The molecule has 90 valence electrons. The van der Waals surface area contributed by atoms with E-state index < -0.39 is 0 Å². The SMILES string of the molecule is CCCCCC/C=C(\CO)CCCCC. The summed E-state index contributed by atoms with van der Waals surface area (Å²) in [7, 11) is 0. The first kappa shape index (κ1) is 14.7. The third-order valence-corrected chi connectivity index (χ3v) is 2.80. The predicted octanol–water partition coefficient (Wildman–Crippen LogP) is 4.46. The van der Waals surface area contributed by atoms with E-state index in [1.807, 2.05) is 0 Å². The average molecular weight is 212 g/mol. The van der Waals surface area contributed by atoms with E-state index in [1.165, 1.54) is 50.5 Å². The molecule has 1 nitrogen and oxygen atoms in total. The van der Waals surface area contributed by atoms with E-state index in [0.29, 0.717) is 0 Å². The fraction of sp³-hybridized carbons (Fsp3) is 0.857. The topological polar surface area (TPSA) is 20.2 Å². The van der Waals surface area contributed by atoms with Crippen LogP contribution >= 0.6 is 0 Å². The summed E-state index contributed by atoms with van der Waals surface area (Å²) < 4.78 is 0. The van der Waals surface area contributed by atoms with Crippen LogP contribution in [0.5, 0.6) is 0 Å². The second-order valence-corrected chi connectivity index (χ2v) is 4.33. The minimum atomic E-state index is 0.261. The molecule has 1 heteroatoms. The lowest BCUT2D eigenvalue weighted by Crippen LogP contribution is -1.91. The lowest BCUT2D eigenvalue weighted by molar-refractivity contribution is 0.324. The Labute approximate surface area is 95.6 Å². The van der Waals surface area contributed by atoms with Crippen LogP contribution in [0, 0.1) is 0 Å². The molecular formula is C14H28O. The molecule has 0 aliphatic rings. The minimum Gasteiger partial charge on any atom is -0.392 e. The van der Waals surface area contributed by atoms with Crippen LogP contribution in [0.15, 0.2) is 11.6 Å². The van der Waals surface area contributed by atoms with Crippen molar-refractivity contribution < 1.29 is 5.11 Å². The quantitative estimate of drug-likeness (QED) is 0.419. The summed E-state index contributed by atoms with van der Waals surface area (Å²) in [4.78, 5) is 0. The molecule has 0 saturated heterocycles. The van der Waals surface area contributed by atoms with Gasteiger partial charge < -0.3 is 5.11 Å². The van der Waals surface area contributed by atoms with Crippen molar-refractivity contribution in [2.24, 2.45) is 0 Å². The van der Waals surface area contributed by atoms with Gasteiger partial charge in [0.15, 0.2) is 0 Å². The maximum atomic E-state index is 9.16. The standard InChI is InChI=1S/C14H28O/c1-3-5-7-8-10-12-14(13-15)11-9-6-4-2/h12,15H,3-11,13H2,1-2H3/b14-12-. The third kappa shape index (κ3) is 9.99. The van der Waals surface area contributed by atoms with E-state index >= 15 is 0 Å². The van der Waals surface area contributed by atoms with Crippen molar-refractivity contribution in [2.75, 3.05) is 6.61 Å². The molecule has 0 heterocycles. The number of hydrogen-bond acceptors (Lipinski definition) is 1. The molecular weight excluding hydrogens is 184 g/mol. The highest BCUT2D eigenvalue weighted by molar-refractivity contribution is 5.01. The molecule has 0 aliphatic carbocycles. The molecule has 0 unspecified atom stereocenters. The first-order valence-electron chi connectivity index (χ1n) is 6.63. The Bertz CT molecular complexity index is 149. The highest BCUT2D eigenvalue weighted by Gasteiger charge is 1.95. The molecule has 0 aromatic carbocycles. The Balaban J connectivity index is 3.50. The molecule has 0 rings (SSSR count). The molecule has 0 radical (unpaired) electrons. The van der Waals surface area contributed by atoms with Gasteiger partial charge in [-0.1, -0.05) is 52.0 Å². The van der Waals surface area contributed by atoms with Crippen LogP contribution in [0.3, 0.4) is 0 Å². The van der Waals surface area contributed by atoms with Crippen LogP contribution in [-0.2, 0) is 0 Å². The van der Waals surface area contributed by atoms with Crippen LogP contribution in [0.25, 0.3) is 0 Å². The summed E-state index contributed by atoms with van der Waals surface area (Å²) in [5.74, 6) is 0. The molecule has 0 spiro atoms. The van der Waals surface area contributed by atoms with Gasteiger partial charge in [0.1, 0.15) is 0 Å². The van der Waals surface area contributed by atoms with Crippen LogP contribution in [0.4, 0.5) is 0 Å². The van der Waals surface area contributed by atoms with E-state index in [0.717, 1.165) is 12.8 Å². The Morgan fingerprint density at radius 3 is 2.20 bits per heavy atom. The van der Waals surface area contributed by atoms with Gasteiger partial charge in [-0.25, -0.2) is 0 Å². The molecule has 0 atom stereocenters. The maximum Gasteiger partial charge on any atom is 0.0641 e. The summed E-state index contributed by atoms with van der Waals surface area (Å²) in [6, 6.07) is 0. The van der Waals surface area contributed by atoms with Gasteiger partial charge in [-0.15, -0.1) is 0 Å². The van der Waals surface area contributed by atoms with Crippen molar-refractivity contribution in [3.63, 3.8) is 0 Å². The Kier molecular flexibility index (Phi) is 11.5. The zero-order valence-electron chi connectivity index (χ0n) is 10.6. The lowest BCUT2D eigenvalue weighted by Gasteiger charge is -2.03. The van der Waals surface area contributed by atoms with Gasteiger partial charge in [-0.2, -0.15) is 0 Å². The molecule has 0 aromatic heterocycles. The number of hydrogen-bond donors (Lipinski definition) is 1. The van der Waals surface area contributed by atoms with Gasteiger partial charge >= 0.3 is 0 Å². The summed E-state index contributed by atoms with van der Waals surface area (Å²) in [5.41, 5.74) is 1.25. The molecule has 0 bridgehead atoms. The summed E-state index contributed by atoms with van der Waals surface area (Å²) >= 11 is 0. The summed E-state index contributed by atoms with van der Waals surface area (Å²) in [6.45, 7) is 4.71. The molecule has 0 fully saturated rings. The van der Waals surface area contributed by atoms with Crippen molar-refractivity contribution >= 4 is 0 Å². The first-order valence-corrected chi connectivity index (χ1v) is 6.63. The van der Waals surface area contributed by atoms with Crippen LogP contribution in [-0.4, -0.2) is 11.7 Å². The number of rotatable bonds is 10. The zero-order chi connectivity index (χ0) is 11.4. The van der Waals surface area contributed by atoms with E-state index in [2.05, 4.69) is 19.9 Å². The van der Waals surface area contributed by atoms with Crippen molar-refractivity contribution in [3.8, 4) is 0 Å². The van der Waals surface area contributed by atoms with Gasteiger partial charge in [0.2, 0.25) is 0 Å². The normalized spacial score (nSPS) is 12.1. The van der Waals surface area contributed by atoms with E-state index in [9.17, 15) is 0 Å². The molecule has 0 aromatic rings. The molecule has 0 aliphatic heterocycles. The lowest BCUT2D eigenvalue weighted by atomic mass is 10.1. The molecule has 15 heavy (non-hydrogen) atoms. The fourth-order valence-corrected chi connectivity index (χ4v) is 1.73. The van der Waals surface area contributed by atoms with Gasteiger partial charge in [-0.05, 0) is 31.3 Å². The average Bonchev–Trinajstić information content (AvgIpc) is 2.26. The van der Waals surface area contributed by atoms with Crippen molar-refractivity contribution in [2.45, 2.75) is 71.6 Å². The first-order chi connectivity index (χ1) is 7.35. The number of unbranched alkanes of at least 4 members (excludes halogenated alkanes) is 6. The minimum absolute atomic E-state index is 0.261. The fourth-order valence-electron chi connectivity index (χ4n) is 1.73. The van der Waals surface area contributed by atoms with Gasteiger partial charge in [-0.3, -0.25) is 0 Å². The van der Waals surface area contributed by atoms with Gasteiger partial charge in [0, 0.05) is 0 Å². The van der Waals surface area contributed by atoms with E-state index in [1.54, 1.807) is 0 Å². The van der Waals surface area contributed by atoms with Crippen LogP contribution < -0.4 is 0 Å². The molecule has 0 amide bonds. The van der Waals surface area contributed by atoms with Gasteiger partial charge in [0.05, 0.1) is 6.61 Å². The smallest absolute Gasteiger partial charge is 0.0641 e. The number of allylic oxidation sites excluding steroid dienone is 1. The number of aliphatic hydroxyl groups excluding tert-OH is 1. The van der Waals surface area contributed by atoms with Gasteiger partial charge in [0.25, 0.3) is 0 Å². The number of aliphatic hydroxyl groups is 1. The summed E-state index contributed by atoms with van der Waals surface area (Å²) in [6.07, 6.45) is 13.5. The van der Waals surface area contributed by atoms with Crippen LogP contribution in [0.2, 0.25) is 0 Å². The highest BCUT2D eigenvalue weighted by atomic mass is 16.3. The highest BCUT2D eigenvalue weighted by Crippen LogP contribution is 2.11. The van der Waals surface area contributed by atoms with Crippen molar-refractivity contribution in [3.05, 3.63) is 11.6 Å². The Morgan fingerprint density at radius 2 is 1.60 bits per heavy atom. The molecule has 1 N–H and O–H groups in total. The zero-order valence-corrected chi connectivity index (χ0v) is 10.6. The van der Waals surface area contributed by atoms with Crippen molar-refractivity contribution in [1.29, 1.82) is 0 Å². The predicted molar refractivity (Wildman–Crippen MR) is 68.1 cm³/mol. The second-order valence-electron chi connectivity index (χ2n) is 4.33. The van der Waals surface area contributed by atoms with Crippen molar-refractivity contribution in [1.82, 2.24) is 0 Å². The maximum absolute atomic E-state index is 9.16. The van der Waals surface area contributed by atoms with E-state index in [-0.39, 0.29) is 6.61 Å². The Morgan fingerprint density at radius 1 is 0.933 bits per heavy atom. The second kappa shape index (κ2) is 11.8. The monoisotopic (exact) mass is 212 g/mol. The van der Waals surface area contributed by atoms with Crippen LogP contribution in [0.1, 0.15) is 71.6 Å². The third-order valence-electron chi connectivity index (χ3n) is 2.80. The summed E-state index contributed by atoms with van der Waals surface area (Å²) in [5, 5.41) is 9.16. The largest absolute Gasteiger partial charge is 0.392 e. The Hall–Kier alpha value is -0.300. The van der Waals surface area contributed by atoms with E-state index in [4.69, 9.17) is 5.11 Å².